The van der Waals surface area contributed by atoms with E-state index in [0.717, 1.165) is 44.9 Å². The molecule has 6 nitrogen and oxygen atoms in total. The SMILES string of the molecule is CCCCCCCCCCCC/C=C/C(O)C(CO)NC(=O)CCCCCCCCCCCCCCCCCCC/C=C\C/C=C\CCCCCCCCCCCCCCCCCOC(=O)CCCCCCCCCCCCCCCCCCCCC. The number of hydrogen-bond acceptors (Lipinski definition) is 5. The monoisotopic (exact) mass is 1220 g/mol. The van der Waals surface area contributed by atoms with E-state index in [-0.39, 0.29) is 18.5 Å². The van der Waals surface area contributed by atoms with Crippen molar-refractivity contribution >= 4 is 11.9 Å². The van der Waals surface area contributed by atoms with Crippen LogP contribution in [0, 0.1) is 0 Å². The standard InChI is InChI=1S/C81H155NO5/c1-3-5-7-9-11-13-15-17-18-19-41-45-48-51-55-59-63-67-71-75-81(86)87-76-72-68-64-60-56-52-49-46-43-40-38-36-34-32-30-28-26-24-22-20-21-23-25-27-29-31-33-35-37-39-42-44-47-50-54-58-62-66-70-74-80(85)82-78(77-83)79(84)73-69-65-61-57-53-16-14-12-10-8-6-4-2/h20-21,24,26,69,73,78-79,83-84H,3-19,22-23,25,27-68,70-72,74-77H2,1-2H3,(H,82,85)/b21-20-,26-24-,73-69+. The van der Waals surface area contributed by atoms with Crippen LogP contribution in [-0.2, 0) is 14.3 Å². The third kappa shape index (κ3) is 73.0. The van der Waals surface area contributed by atoms with Gasteiger partial charge in [-0.1, -0.05) is 403 Å². The predicted octanol–water partition coefficient (Wildman–Crippen LogP) is 26.2. The van der Waals surface area contributed by atoms with Gasteiger partial charge in [-0.2, -0.15) is 0 Å². The molecular weight excluding hydrogens is 1070 g/mol. The molecule has 0 aromatic carbocycles. The summed E-state index contributed by atoms with van der Waals surface area (Å²) in [4.78, 5) is 24.6. The molecule has 0 saturated carbocycles. The number of nitrogens with one attached hydrogen (secondary N) is 1. The maximum absolute atomic E-state index is 12.5. The molecule has 2 atom stereocenters. The van der Waals surface area contributed by atoms with Gasteiger partial charge in [-0.25, -0.2) is 0 Å². The average molecular weight is 1220 g/mol. The van der Waals surface area contributed by atoms with Gasteiger partial charge in [0.25, 0.3) is 0 Å². The summed E-state index contributed by atoms with van der Waals surface area (Å²) >= 11 is 0. The molecule has 0 aromatic heterocycles. The molecule has 0 saturated heterocycles. The number of rotatable bonds is 75. The lowest BCUT2D eigenvalue weighted by molar-refractivity contribution is -0.143. The summed E-state index contributed by atoms with van der Waals surface area (Å²) < 4.78 is 5.52. The predicted molar refractivity (Wildman–Crippen MR) is 384 cm³/mol. The summed E-state index contributed by atoms with van der Waals surface area (Å²) in [6, 6.07) is -0.625. The Balaban J connectivity index is 3.33. The van der Waals surface area contributed by atoms with Gasteiger partial charge in [-0.3, -0.25) is 9.59 Å². The summed E-state index contributed by atoms with van der Waals surface area (Å²) in [6.45, 7) is 4.94. The molecule has 0 spiro atoms. The van der Waals surface area contributed by atoms with Crippen molar-refractivity contribution in [2.45, 2.75) is 456 Å². The molecule has 0 aliphatic rings. The van der Waals surface area contributed by atoms with E-state index in [2.05, 4.69) is 43.5 Å². The highest BCUT2D eigenvalue weighted by molar-refractivity contribution is 5.76. The second-order valence-electron chi connectivity index (χ2n) is 27.4. The molecule has 0 aliphatic heterocycles. The highest BCUT2D eigenvalue weighted by Gasteiger charge is 2.18. The Morgan fingerprint density at radius 3 is 0.874 bits per heavy atom. The van der Waals surface area contributed by atoms with Gasteiger partial charge in [0.2, 0.25) is 5.91 Å². The van der Waals surface area contributed by atoms with Crippen molar-refractivity contribution in [3.63, 3.8) is 0 Å². The van der Waals surface area contributed by atoms with Gasteiger partial charge in [-0.05, 0) is 64.2 Å². The zero-order valence-electron chi connectivity index (χ0n) is 59.0. The average Bonchev–Trinajstić information content (AvgIpc) is 3.53. The van der Waals surface area contributed by atoms with Gasteiger partial charge in [0, 0.05) is 12.8 Å². The quantitative estimate of drug-likeness (QED) is 0.0320. The molecule has 3 N–H and O–H groups in total. The van der Waals surface area contributed by atoms with Crippen LogP contribution in [0.15, 0.2) is 36.5 Å². The highest BCUT2D eigenvalue weighted by atomic mass is 16.5. The number of esters is 1. The second-order valence-corrected chi connectivity index (χ2v) is 27.4. The molecule has 0 fully saturated rings. The zero-order chi connectivity index (χ0) is 62.8. The van der Waals surface area contributed by atoms with Crippen molar-refractivity contribution in [1.82, 2.24) is 5.32 Å². The normalized spacial score (nSPS) is 12.6. The molecule has 0 rings (SSSR count). The van der Waals surface area contributed by atoms with E-state index in [1.54, 1.807) is 6.08 Å². The van der Waals surface area contributed by atoms with Gasteiger partial charge < -0.3 is 20.3 Å². The third-order valence-electron chi connectivity index (χ3n) is 18.7. The molecule has 87 heavy (non-hydrogen) atoms. The lowest BCUT2D eigenvalue weighted by atomic mass is 10.0. The van der Waals surface area contributed by atoms with Crippen LogP contribution in [0.1, 0.15) is 444 Å². The Hall–Kier alpha value is -1.92. The van der Waals surface area contributed by atoms with E-state index < -0.39 is 12.1 Å². The minimum absolute atomic E-state index is 0.0257. The van der Waals surface area contributed by atoms with Crippen molar-refractivity contribution < 1.29 is 24.5 Å². The molecule has 6 heteroatoms. The van der Waals surface area contributed by atoms with Crippen LogP contribution in [-0.4, -0.2) is 47.4 Å². The van der Waals surface area contributed by atoms with Gasteiger partial charge in [-0.15, -0.1) is 0 Å². The van der Waals surface area contributed by atoms with Crippen LogP contribution in [0.4, 0.5) is 0 Å². The minimum atomic E-state index is -0.841. The van der Waals surface area contributed by atoms with Crippen LogP contribution in [0.5, 0.6) is 0 Å². The molecule has 0 radical (unpaired) electrons. The van der Waals surface area contributed by atoms with E-state index in [1.165, 1.54) is 372 Å². The van der Waals surface area contributed by atoms with Gasteiger partial charge in [0.1, 0.15) is 0 Å². The molecule has 2 unspecified atom stereocenters. The Morgan fingerprint density at radius 2 is 0.575 bits per heavy atom. The van der Waals surface area contributed by atoms with Gasteiger partial charge >= 0.3 is 5.97 Å². The van der Waals surface area contributed by atoms with E-state index in [4.69, 9.17) is 4.74 Å². The fraction of sp³-hybridized carbons (Fsp3) is 0.901. The Labute approximate surface area is 544 Å². The molecule has 0 bridgehead atoms. The molecule has 0 aromatic rings. The Morgan fingerprint density at radius 1 is 0.322 bits per heavy atom. The first kappa shape index (κ1) is 85.1. The van der Waals surface area contributed by atoms with Gasteiger partial charge in [0.15, 0.2) is 0 Å². The number of ether oxygens (including phenoxy) is 1. The lowest BCUT2D eigenvalue weighted by Gasteiger charge is -2.20. The number of hydrogen-bond donors (Lipinski definition) is 3. The van der Waals surface area contributed by atoms with Crippen molar-refractivity contribution in [3.8, 4) is 0 Å². The number of amides is 1. The number of aliphatic hydroxyl groups is 2. The van der Waals surface area contributed by atoms with Crippen molar-refractivity contribution in [1.29, 1.82) is 0 Å². The fourth-order valence-electron chi connectivity index (χ4n) is 12.6. The maximum Gasteiger partial charge on any atom is 0.305 e. The smallest absolute Gasteiger partial charge is 0.305 e. The number of unbranched alkanes of at least 4 members (excludes halogenated alkanes) is 60. The van der Waals surface area contributed by atoms with E-state index in [0.29, 0.717) is 19.4 Å². The molecular formula is C81H155NO5. The van der Waals surface area contributed by atoms with E-state index in [9.17, 15) is 19.8 Å². The topological polar surface area (TPSA) is 95.9 Å². The Bertz CT molecular complexity index is 1410. The van der Waals surface area contributed by atoms with Crippen LogP contribution < -0.4 is 5.32 Å². The van der Waals surface area contributed by atoms with E-state index in [1.807, 2.05) is 6.08 Å². The van der Waals surface area contributed by atoms with Crippen molar-refractivity contribution in [3.05, 3.63) is 36.5 Å². The first-order chi connectivity index (χ1) is 43.0. The molecule has 0 heterocycles. The van der Waals surface area contributed by atoms with E-state index >= 15 is 0 Å². The lowest BCUT2D eigenvalue weighted by Crippen LogP contribution is -2.45. The second kappa shape index (κ2) is 76.5. The van der Waals surface area contributed by atoms with Crippen LogP contribution in [0.2, 0.25) is 0 Å². The maximum atomic E-state index is 12.5. The summed E-state index contributed by atoms with van der Waals surface area (Å²) in [5.74, 6) is -0.0381. The first-order valence-electron chi connectivity index (χ1n) is 39.8. The number of carbonyl (C=O) groups is 2. The first-order valence-corrected chi connectivity index (χ1v) is 39.8. The number of carbonyl (C=O) groups excluding carboxylic acids is 2. The third-order valence-corrected chi connectivity index (χ3v) is 18.7. The summed E-state index contributed by atoms with van der Waals surface area (Å²) in [5.41, 5.74) is 0. The zero-order valence-corrected chi connectivity index (χ0v) is 59.0. The number of allylic oxidation sites excluding steroid dienone is 5. The van der Waals surface area contributed by atoms with Crippen molar-refractivity contribution in [2.24, 2.45) is 0 Å². The molecule has 1 amide bonds. The molecule has 0 aliphatic carbocycles. The largest absolute Gasteiger partial charge is 0.466 e. The summed E-state index contributed by atoms with van der Waals surface area (Å²) in [7, 11) is 0. The number of aliphatic hydroxyl groups excluding tert-OH is 2. The Kier molecular flexibility index (Phi) is 74.8. The van der Waals surface area contributed by atoms with Crippen molar-refractivity contribution in [2.75, 3.05) is 13.2 Å². The summed E-state index contributed by atoms with van der Waals surface area (Å²) in [6.07, 6.45) is 100.0. The minimum Gasteiger partial charge on any atom is -0.466 e. The highest BCUT2D eigenvalue weighted by Crippen LogP contribution is 2.20. The summed E-state index contributed by atoms with van der Waals surface area (Å²) in [5, 5.41) is 23.1. The van der Waals surface area contributed by atoms with Crippen LogP contribution in [0.3, 0.4) is 0 Å². The van der Waals surface area contributed by atoms with Gasteiger partial charge in [0.05, 0.1) is 25.4 Å². The van der Waals surface area contributed by atoms with Crippen LogP contribution in [0.25, 0.3) is 0 Å². The fourth-order valence-corrected chi connectivity index (χ4v) is 12.6. The van der Waals surface area contributed by atoms with Crippen LogP contribution >= 0.6 is 0 Å². The molecule has 514 valence electrons.